The molecule has 0 aliphatic heterocycles. The summed E-state index contributed by atoms with van der Waals surface area (Å²) in [7, 11) is -1.06. The van der Waals surface area contributed by atoms with E-state index < -0.39 is 10.0 Å². The third-order valence-corrected chi connectivity index (χ3v) is 5.40. The van der Waals surface area contributed by atoms with Crippen LogP contribution < -0.4 is 14.3 Å². The molecule has 0 fully saturated rings. The van der Waals surface area contributed by atoms with Crippen molar-refractivity contribution >= 4 is 26.5 Å². The van der Waals surface area contributed by atoms with Gasteiger partial charge in [0.15, 0.2) is 0 Å². The number of hydrogen-bond acceptors (Lipinski definition) is 5. The Balaban J connectivity index is 1.97. The molecule has 0 saturated heterocycles. The Kier molecular flexibility index (Phi) is 5.32. The number of fused-ring (bicyclic) bond motifs is 1. The first-order valence-corrected chi connectivity index (χ1v) is 9.71. The van der Waals surface area contributed by atoms with Crippen LogP contribution in [0.25, 0.3) is 10.8 Å². The fourth-order valence-electron chi connectivity index (χ4n) is 2.77. The van der Waals surface area contributed by atoms with Crippen molar-refractivity contribution in [3.05, 3.63) is 66.2 Å². The number of sulfonamides is 1. The van der Waals surface area contributed by atoms with E-state index in [1.165, 1.54) is 26.4 Å². The van der Waals surface area contributed by atoms with Crippen LogP contribution >= 0.6 is 0 Å². The molecule has 27 heavy (non-hydrogen) atoms. The smallest absolute Gasteiger partial charge is 0.280 e. The number of nitrogens with one attached hydrogen (secondary N) is 1. The van der Waals surface area contributed by atoms with Crippen molar-refractivity contribution < 1.29 is 17.9 Å². The Labute approximate surface area is 158 Å². The normalized spacial score (nSPS) is 12.0. The van der Waals surface area contributed by atoms with E-state index in [4.69, 9.17) is 9.47 Å². The summed E-state index contributed by atoms with van der Waals surface area (Å²) in [6, 6.07) is 18.2. The highest BCUT2D eigenvalue weighted by atomic mass is 32.2. The molecular weight excluding hydrogens is 364 g/mol. The molecule has 7 heteroatoms. The summed E-state index contributed by atoms with van der Waals surface area (Å²) in [5.74, 6) is 0.618. The minimum Gasteiger partial charge on any atom is -0.497 e. The van der Waals surface area contributed by atoms with E-state index in [0.29, 0.717) is 11.5 Å². The van der Waals surface area contributed by atoms with E-state index in [9.17, 15) is 8.42 Å². The van der Waals surface area contributed by atoms with E-state index in [1.54, 1.807) is 13.0 Å². The van der Waals surface area contributed by atoms with Crippen molar-refractivity contribution in [2.75, 3.05) is 14.2 Å². The highest BCUT2D eigenvalue weighted by Crippen LogP contribution is 2.28. The molecule has 0 aliphatic rings. The zero-order chi connectivity index (χ0) is 19.4. The molecule has 3 rings (SSSR count). The molecule has 3 aromatic carbocycles. The van der Waals surface area contributed by atoms with Crippen molar-refractivity contribution in [2.24, 2.45) is 5.10 Å². The van der Waals surface area contributed by atoms with E-state index in [0.717, 1.165) is 16.3 Å². The van der Waals surface area contributed by atoms with E-state index in [1.807, 2.05) is 42.5 Å². The maximum Gasteiger partial charge on any atom is 0.280 e. The van der Waals surface area contributed by atoms with Crippen LogP contribution in [0.4, 0.5) is 0 Å². The first-order valence-electron chi connectivity index (χ1n) is 8.22. The van der Waals surface area contributed by atoms with Crippen LogP contribution in [0.15, 0.2) is 70.7 Å². The first-order chi connectivity index (χ1) is 13.0. The predicted octanol–water partition coefficient (Wildman–Crippen LogP) is 3.56. The summed E-state index contributed by atoms with van der Waals surface area (Å²) in [5, 5.41) is 6.16. The van der Waals surface area contributed by atoms with Gasteiger partial charge in [-0.3, -0.25) is 0 Å². The lowest BCUT2D eigenvalue weighted by Crippen LogP contribution is -2.20. The lowest BCUT2D eigenvalue weighted by atomic mass is 10.0. The fraction of sp³-hybridized carbons (Fsp3) is 0.150. The van der Waals surface area contributed by atoms with Gasteiger partial charge in [-0.25, -0.2) is 0 Å². The van der Waals surface area contributed by atoms with Gasteiger partial charge in [-0.05, 0) is 29.8 Å². The van der Waals surface area contributed by atoms with Crippen LogP contribution in [-0.4, -0.2) is 28.3 Å². The largest absolute Gasteiger partial charge is 0.497 e. The highest BCUT2D eigenvalue weighted by molar-refractivity contribution is 7.89. The Hall–Kier alpha value is -3.06. The second-order valence-corrected chi connectivity index (χ2v) is 7.46. The van der Waals surface area contributed by atoms with E-state index >= 15 is 0 Å². The summed E-state index contributed by atoms with van der Waals surface area (Å²) in [6.45, 7) is 1.76. The lowest BCUT2D eigenvalue weighted by Gasteiger charge is -2.11. The molecule has 0 heterocycles. The second kappa shape index (κ2) is 7.67. The minimum atomic E-state index is -3.93. The summed E-state index contributed by atoms with van der Waals surface area (Å²) >= 11 is 0. The molecular formula is C20H20N2O4S. The SMILES string of the molecule is COc1ccc(OC)c(S(=O)(=O)N/N=C(\C)c2cccc3ccccc23)c1. The van der Waals surface area contributed by atoms with E-state index in [-0.39, 0.29) is 10.6 Å². The van der Waals surface area contributed by atoms with Crippen LogP contribution in [0.1, 0.15) is 12.5 Å². The monoisotopic (exact) mass is 384 g/mol. The van der Waals surface area contributed by atoms with Gasteiger partial charge in [0.2, 0.25) is 0 Å². The third-order valence-electron chi connectivity index (χ3n) is 4.17. The van der Waals surface area contributed by atoms with Gasteiger partial charge in [0.1, 0.15) is 16.4 Å². The molecule has 6 nitrogen and oxygen atoms in total. The number of nitrogens with zero attached hydrogens (tertiary/aromatic N) is 1. The summed E-state index contributed by atoms with van der Waals surface area (Å²) in [5.41, 5.74) is 1.41. The van der Waals surface area contributed by atoms with Crippen molar-refractivity contribution in [1.29, 1.82) is 0 Å². The number of methoxy groups -OCH3 is 2. The standard InChI is InChI=1S/C20H20N2O4S/c1-14(17-10-6-8-15-7-4-5-9-18(15)17)21-22-27(23,24)20-13-16(25-2)11-12-19(20)26-3/h4-13,22H,1-3H3/b21-14+. The Morgan fingerprint density at radius 2 is 1.70 bits per heavy atom. The van der Waals surface area contributed by atoms with Crippen LogP contribution in [-0.2, 0) is 10.0 Å². The van der Waals surface area contributed by atoms with E-state index in [2.05, 4.69) is 9.93 Å². The Bertz CT molecular complexity index is 1100. The van der Waals surface area contributed by atoms with Crippen LogP contribution in [0.2, 0.25) is 0 Å². The Morgan fingerprint density at radius 3 is 2.44 bits per heavy atom. The molecule has 1 N–H and O–H groups in total. The number of rotatable bonds is 6. The van der Waals surface area contributed by atoms with Gasteiger partial charge in [0, 0.05) is 11.6 Å². The molecule has 0 saturated carbocycles. The number of benzene rings is 3. The van der Waals surface area contributed by atoms with Crippen molar-refractivity contribution in [3.63, 3.8) is 0 Å². The molecule has 0 spiro atoms. The molecule has 0 bridgehead atoms. The topological polar surface area (TPSA) is 77.0 Å². The van der Waals surface area contributed by atoms with Crippen molar-refractivity contribution in [2.45, 2.75) is 11.8 Å². The molecule has 0 aliphatic carbocycles. The average Bonchev–Trinajstić information content (AvgIpc) is 2.71. The highest BCUT2D eigenvalue weighted by Gasteiger charge is 2.20. The second-order valence-electron chi connectivity index (χ2n) is 5.84. The molecule has 0 unspecified atom stereocenters. The van der Waals surface area contributed by atoms with Gasteiger partial charge >= 0.3 is 0 Å². The van der Waals surface area contributed by atoms with Crippen LogP contribution in [0.5, 0.6) is 11.5 Å². The van der Waals surface area contributed by atoms with Crippen molar-refractivity contribution in [3.8, 4) is 11.5 Å². The third kappa shape index (κ3) is 3.88. The van der Waals surface area contributed by atoms with Crippen LogP contribution in [0, 0.1) is 0 Å². The summed E-state index contributed by atoms with van der Waals surface area (Å²) in [4.78, 5) is 2.25. The molecule has 3 aromatic rings. The molecule has 0 radical (unpaired) electrons. The average molecular weight is 384 g/mol. The molecule has 0 aromatic heterocycles. The van der Waals surface area contributed by atoms with Crippen molar-refractivity contribution in [1.82, 2.24) is 4.83 Å². The van der Waals surface area contributed by atoms with Crippen LogP contribution in [0.3, 0.4) is 0 Å². The quantitative estimate of drug-likeness (QED) is 0.521. The van der Waals surface area contributed by atoms with Gasteiger partial charge in [-0.2, -0.15) is 18.4 Å². The zero-order valence-electron chi connectivity index (χ0n) is 15.3. The number of hydrazone groups is 1. The lowest BCUT2D eigenvalue weighted by molar-refractivity contribution is 0.392. The summed E-state index contributed by atoms with van der Waals surface area (Å²) in [6.07, 6.45) is 0. The van der Waals surface area contributed by atoms with Gasteiger partial charge in [0.05, 0.1) is 19.9 Å². The maximum absolute atomic E-state index is 12.7. The molecule has 0 amide bonds. The number of ether oxygens (including phenoxy) is 2. The molecule has 0 atom stereocenters. The fourth-order valence-corrected chi connectivity index (χ4v) is 3.82. The van der Waals surface area contributed by atoms with Gasteiger partial charge in [0.25, 0.3) is 10.0 Å². The molecule has 140 valence electrons. The maximum atomic E-state index is 12.7. The summed E-state index contributed by atoms with van der Waals surface area (Å²) < 4.78 is 35.7. The predicted molar refractivity (Wildman–Crippen MR) is 106 cm³/mol. The first kappa shape index (κ1) is 18.7. The Morgan fingerprint density at radius 1 is 0.963 bits per heavy atom. The minimum absolute atomic E-state index is 0.0428. The number of hydrogen-bond donors (Lipinski definition) is 1. The zero-order valence-corrected chi connectivity index (χ0v) is 16.1. The van der Waals surface area contributed by atoms with Gasteiger partial charge < -0.3 is 9.47 Å². The van der Waals surface area contributed by atoms with Gasteiger partial charge in [-0.1, -0.05) is 42.5 Å². The van der Waals surface area contributed by atoms with Gasteiger partial charge in [-0.15, -0.1) is 0 Å².